The molecular weight excluding hydrogens is 342 g/mol. The fraction of sp³-hybridized carbons (Fsp3) is 0.231. The van der Waals surface area contributed by atoms with Crippen LogP contribution >= 0.6 is 39.5 Å². The summed E-state index contributed by atoms with van der Waals surface area (Å²) in [6.07, 6.45) is 0. The molecule has 100 valence electrons. The number of aromatic nitrogens is 1. The van der Waals surface area contributed by atoms with Gasteiger partial charge in [0.15, 0.2) is 0 Å². The molecule has 0 aliphatic rings. The van der Waals surface area contributed by atoms with E-state index >= 15 is 0 Å². The Labute approximate surface area is 130 Å². The highest BCUT2D eigenvalue weighted by molar-refractivity contribution is 9.10. The number of hydrogen-bond donors (Lipinski definition) is 2. The van der Waals surface area contributed by atoms with Gasteiger partial charge >= 0.3 is 0 Å². The van der Waals surface area contributed by atoms with Crippen molar-refractivity contribution >= 4 is 50.2 Å². The van der Waals surface area contributed by atoms with Crippen LogP contribution in [0.25, 0.3) is 0 Å². The van der Waals surface area contributed by atoms with E-state index in [-0.39, 0.29) is 6.04 Å². The molecule has 19 heavy (non-hydrogen) atoms. The lowest BCUT2D eigenvalue weighted by Crippen LogP contribution is -2.15. The lowest BCUT2D eigenvalue weighted by atomic mass is 10.1. The zero-order chi connectivity index (χ0) is 14.0. The molecule has 6 heteroatoms. The third-order valence-electron chi connectivity index (χ3n) is 2.63. The molecule has 0 spiro atoms. The van der Waals surface area contributed by atoms with Crippen LogP contribution in [-0.4, -0.2) is 9.97 Å². The van der Waals surface area contributed by atoms with Gasteiger partial charge in [-0.2, -0.15) is 0 Å². The van der Waals surface area contributed by atoms with E-state index in [0.29, 0.717) is 4.99 Å². The molecule has 3 nitrogen and oxygen atoms in total. The normalized spacial score (nSPS) is 12.2. The predicted molar refractivity (Wildman–Crippen MR) is 88.9 cm³/mol. The van der Waals surface area contributed by atoms with Crippen molar-refractivity contribution in [3.05, 3.63) is 44.3 Å². The number of nitrogens with two attached hydrogens (primary N) is 1. The molecule has 0 aliphatic heterocycles. The van der Waals surface area contributed by atoms with Gasteiger partial charge in [0.25, 0.3) is 0 Å². The lowest BCUT2D eigenvalue weighted by Gasteiger charge is -2.16. The number of benzene rings is 1. The number of nitrogens with zero attached hydrogens (tertiary/aromatic N) is 1. The molecule has 2 aromatic rings. The predicted octanol–water partition coefficient (Wildman–Crippen LogP) is 4.02. The van der Waals surface area contributed by atoms with E-state index < -0.39 is 0 Å². The van der Waals surface area contributed by atoms with Crippen LogP contribution in [-0.2, 0) is 0 Å². The molecule has 1 aromatic carbocycles. The Hall–Kier alpha value is -0.980. The first-order valence-corrected chi connectivity index (χ1v) is 7.83. The zero-order valence-corrected chi connectivity index (χ0v) is 13.8. The van der Waals surface area contributed by atoms with Gasteiger partial charge in [0.2, 0.25) is 0 Å². The Morgan fingerprint density at radius 1 is 1.53 bits per heavy atom. The van der Waals surface area contributed by atoms with Crippen molar-refractivity contribution in [1.29, 1.82) is 0 Å². The number of nitrogens with one attached hydrogen (secondary N) is 1. The Kier molecular flexibility index (Phi) is 4.54. The summed E-state index contributed by atoms with van der Waals surface area (Å²) in [6.45, 7) is 4.07. The van der Waals surface area contributed by atoms with Crippen LogP contribution in [0.4, 0.5) is 5.69 Å². The molecule has 3 N–H and O–H groups in total. The maximum Gasteiger partial charge on any atom is 0.115 e. The van der Waals surface area contributed by atoms with Crippen LogP contribution < -0.4 is 11.1 Å². The van der Waals surface area contributed by atoms with Gasteiger partial charge in [-0.1, -0.05) is 28.1 Å². The summed E-state index contributed by atoms with van der Waals surface area (Å²) in [7, 11) is 0. The molecule has 1 aromatic heterocycles. The molecule has 0 radical (unpaired) electrons. The average molecular weight is 356 g/mol. The van der Waals surface area contributed by atoms with E-state index in [0.717, 1.165) is 26.4 Å². The number of anilines is 1. The van der Waals surface area contributed by atoms with Gasteiger partial charge < -0.3 is 11.1 Å². The molecule has 0 fully saturated rings. The topological polar surface area (TPSA) is 50.9 Å². The molecule has 0 aliphatic carbocycles. The molecule has 0 saturated carbocycles. The molecule has 2 rings (SSSR count). The third-order valence-corrected chi connectivity index (χ3v) is 4.48. The van der Waals surface area contributed by atoms with Gasteiger partial charge in [-0.05, 0) is 32.0 Å². The molecule has 0 amide bonds. The Balaban J connectivity index is 2.26. The van der Waals surface area contributed by atoms with Crippen LogP contribution in [0, 0.1) is 6.92 Å². The van der Waals surface area contributed by atoms with Crippen LogP contribution in [0.15, 0.2) is 28.1 Å². The van der Waals surface area contributed by atoms with E-state index in [2.05, 4.69) is 33.2 Å². The fourth-order valence-electron chi connectivity index (χ4n) is 1.71. The highest BCUT2D eigenvalue weighted by atomic mass is 79.9. The molecular formula is C13H14BrN3S2. The van der Waals surface area contributed by atoms with Gasteiger partial charge in [0.05, 0.1) is 6.04 Å². The maximum absolute atomic E-state index is 5.76. The first-order chi connectivity index (χ1) is 8.97. The molecule has 1 heterocycles. The van der Waals surface area contributed by atoms with Gasteiger partial charge in [0.1, 0.15) is 10.00 Å². The summed E-state index contributed by atoms with van der Waals surface area (Å²) >= 11 is 10.2. The highest BCUT2D eigenvalue weighted by Gasteiger charge is 2.12. The lowest BCUT2D eigenvalue weighted by molar-refractivity contribution is 0.863. The van der Waals surface area contributed by atoms with Crippen LogP contribution in [0.3, 0.4) is 0 Å². The summed E-state index contributed by atoms with van der Waals surface area (Å²) in [4.78, 5) is 4.86. The average Bonchev–Trinajstić information content (AvgIpc) is 2.78. The molecule has 0 saturated heterocycles. The largest absolute Gasteiger partial charge is 0.389 e. The van der Waals surface area contributed by atoms with Crippen LogP contribution in [0.1, 0.15) is 29.2 Å². The highest BCUT2D eigenvalue weighted by Crippen LogP contribution is 2.26. The number of hydrogen-bond acceptors (Lipinski definition) is 4. The quantitative estimate of drug-likeness (QED) is 0.813. The second-order valence-corrected chi connectivity index (χ2v) is 6.49. The number of rotatable bonds is 4. The van der Waals surface area contributed by atoms with Gasteiger partial charge in [-0.25, -0.2) is 4.98 Å². The van der Waals surface area contributed by atoms with Crippen molar-refractivity contribution in [2.75, 3.05) is 5.32 Å². The summed E-state index contributed by atoms with van der Waals surface area (Å²) in [5.74, 6) is 0. The van der Waals surface area contributed by atoms with E-state index in [1.54, 1.807) is 11.3 Å². The maximum atomic E-state index is 5.76. The van der Waals surface area contributed by atoms with E-state index in [1.165, 1.54) is 0 Å². The van der Waals surface area contributed by atoms with E-state index in [1.807, 2.05) is 30.5 Å². The first kappa shape index (κ1) is 14.4. The zero-order valence-electron chi connectivity index (χ0n) is 10.6. The summed E-state index contributed by atoms with van der Waals surface area (Å²) in [5.41, 5.74) is 8.56. The fourth-order valence-corrected chi connectivity index (χ4v) is 3.05. The number of thiocarbonyl (C=S) groups is 1. The Morgan fingerprint density at radius 2 is 2.26 bits per heavy atom. The Bertz CT molecular complexity index is 610. The SMILES string of the molecule is Cc1csc(C(C)Nc2ccc(Br)cc2C(N)=S)n1. The van der Waals surface area contributed by atoms with Crippen LogP contribution in [0.2, 0.25) is 0 Å². The monoisotopic (exact) mass is 355 g/mol. The van der Waals surface area contributed by atoms with Gasteiger partial charge in [-0.15, -0.1) is 11.3 Å². The number of aryl methyl sites for hydroxylation is 1. The van der Waals surface area contributed by atoms with Crippen LogP contribution in [0.5, 0.6) is 0 Å². The Morgan fingerprint density at radius 3 is 2.84 bits per heavy atom. The molecule has 1 atom stereocenters. The molecule has 0 bridgehead atoms. The minimum absolute atomic E-state index is 0.118. The van der Waals surface area contributed by atoms with Crippen molar-refractivity contribution in [2.24, 2.45) is 5.73 Å². The standard InChI is InChI=1S/C13H14BrN3S2/c1-7-6-19-13(16-7)8(2)17-11-4-3-9(14)5-10(11)12(15)18/h3-6,8,17H,1-2H3,(H2,15,18). The van der Waals surface area contributed by atoms with Crippen molar-refractivity contribution in [1.82, 2.24) is 4.98 Å². The van der Waals surface area contributed by atoms with Crippen molar-refractivity contribution in [3.63, 3.8) is 0 Å². The van der Waals surface area contributed by atoms with Gasteiger partial charge in [0, 0.05) is 26.8 Å². The molecule has 1 unspecified atom stereocenters. The van der Waals surface area contributed by atoms with Crippen molar-refractivity contribution < 1.29 is 0 Å². The number of thiazole rings is 1. The first-order valence-electron chi connectivity index (χ1n) is 5.75. The van der Waals surface area contributed by atoms with Crippen molar-refractivity contribution in [3.8, 4) is 0 Å². The van der Waals surface area contributed by atoms with E-state index in [9.17, 15) is 0 Å². The minimum atomic E-state index is 0.118. The van der Waals surface area contributed by atoms with E-state index in [4.69, 9.17) is 18.0 Å². The third kappa shape index (κ3) is 3.52. The second kappa shape index (κ2) is 5.98. The van der Waals surface area contributed by atoms with Gasteiger partial charge in [-0.3, -0.25) is 0 Å². The summed E-state index contributed by atoms with van der Waals surface area (Å²) in [5, 5.41) is 6.50. The second-order valence-electron chi connectivity index (χ2n) is 4.25. The van der Waals surface area contributed by atoms with Crippen molar-refractivity contribution in [2.45, 2.75) is 19.9 Å². The summed E-state index contributed by atoms with van der Waals surface area (Å²) < 4.78 is 0.957. The minimum Gasteiger partial charge on any atom is -0.389 e. The number of halogens is 1. The smallest absolute Gasteiger partial charge is 0.115 e. The summed E-state index contributed by atoms with van der Waals surface area (Å²) in [6, 6.07) is 5.97.